The molecule has 1 N–H and O–H groups in total. The van der Waals surface area contributed by atoms with Crippen LogP contribution in [0.4, 0.5) is 0 Å². The number of ether oxygens (including phenoxy) is 1. The molecule has 0 aliphatic carbocycles. The Morgan fingerprint density at radius 3 is 2.47 bits per heavy atom. The minimum absolute atomic E-state index is 0.800. The Balaban J connectivity index is 2.44. The van der Waals surface area contributed by atoms with E-state index in [9.17, 15) is 0 Å². The Bertz CT molecular complexity index is 332. The van der Waals surface area contributed by atoms with Crippen LogP contribution in [-0.4, -0.2) is 13.7 Å². The predicted molar refractivity (Wildman–Crippen MR) is 73.5 cm³/mol. The third-order valence-corrected chi connectivity index (χ3v) is 3.38. The molecule has 17 heavy (non-hydrogen) atoms. The molecule has 1 aromatic carbocycles. The van der Waals surface area contributed by atoms with Crippen molar-refractivity contribution >= 4 is 0 Å². The normalized spacial score (nSPS) is 10.9. The molecule has 1 aromatic rings. The molecule has 0 unspecified atom stereocenters. The fourth-order valence-electron chi connectivity index (χ4n) is 2.05. The highest BCUT2D eigenvalue weighted by Gasteiger charge is 2.03. The Kier molecular flexibility index (Phi) is 6.06. The highest BCUT2D eigenvalue weighted by Crippen LogP contribution is 2.18. The van der Waals surface area contributed by atoms with Crippen molar-refractivity contribution in [1.29, 1.82) is 0 Å². The van der Waals surface area contributed by atoms with Crippen molar-refractivity contribution in [2.24, 2.45) is 5.92 Å². The van der Waals surface area contributed by atoms with Crippen LogP contribution in [0.25, 0.3) is 0 Å². The molecule has 0 spiro atoms. The number of hydrogen-bond acceptors (Lipinski definition) is 2. The van der Waals surface area contributed by atoms with Gasteiger partial charge in [-0.15, -0.1) is 0 Å². The molecule has 0 saturated carbocycles. The number of hydrogen-bond donors (Lipinski definition) is 1. The molecule has 0 fully saturated rings. The summed E-state index contributed by atoms with van der Waals surface area (Å²) in [6.45, 7) is 8.66. The highest BCUT2D eigenvalue weighted by molar-refractivity contribution is 5.36. The summed E-state index contributed by atoms with van der Waals surface area (Å²) in [7, 11) is 1.72. The summed E-state index contributed by atoms with van der Waals surface area (Å²) in [5.74, 6) is 1.77. The smallest absolute Gasteiger partial charge is 0.121 e. The van der Waals surface area contributed by atoms with Gasteiger partial charge in [-0.05, 0) is 36.6 Å². The maximum Gasteiger partial charge on any atom is 0.121 e. The lowest BCUT2D eigenvalue weighted by Crippen LogP contribution is -2.21. The summed E-state index contributed by atoms with van der Waals surface area (Å²) >= 11 is 0. The summed E-state index contributed by atoms with van der Waals surface area (Å²) < 4.78 is 5.26. The van der Waals surface area contributed by atoms with E-state index in [4.69, 9.17) is 4.74 Å². The van der Waals surface area contributed by atoms with Crippen molar-refractivity contribution in [3.05, 3.63) is 29.3 Å². The van der Waals surface area contributed by atoms with Crippen molar-refractivity contribution in [1.82, 2.24) is 5.32 Å². The third-order valence-electron chi connectivity index (χ3n) is 3.38. The number of rotatable bonds is 7. The Morgan fingerprint density at radius 1 is 1.24 bits per heavy atom. The number of aryl methyl sites for hydroxylation is 1. The lowest BCUT2D eigenvalue weighted by molar-refractivity contribution is 0.411. The molecule has 0 aliphatic heterocycles. The van der Waals surface area contributed by atoms with E-state index in [0.29, 0.717) is 0 Å². The van der Waals surface area contributed by atoms with Gasteiger partial charge in [0, 0.05) is 6.54 Å². The first-order chi connectivity index (χ1) is 8.21. The predicted octanol–water partition coefficient (Wildman–Crippen LogP) is 3.53. The van der Waals surface area contributed by atoms with Crippen LogP contribution in [0.15, 0.2) is 18.2 Å². The van der Waals surface area contributed by atoms with E-state index in [-0.39, 0.29) is 0 Å². The zero-order valence-electron chi connectivity index (χ0n) is 11.5. The third kappa shape index (κ3) is 4.39. The van der Waals surface area contributed by atoms with Crippen LogP contribution in [0.1, 0.15) is 37.8 Å². The molecule has 0 atom stereocenters. The van der Waals surface area contributed by atoms with E-state index in [1.807, 2.05) is 6.07 Å². The SMILES string of the molecule is CCC(CC)CNCc1ccc(OC)c(C)c1. The molecular weight excluding hydrogens is 210 g/mol. The minimum atomic E-state index is 0.800. The molecule has 2 heteroatoms. The molecule has 0 aliphatic rings. The van der Waals surface area contributed by atoms with Crippen LogP contribution >= 0.6 is 0 Å². The highest BCUT2D eigenvalue weighted by atomic mass is 16.5. The number of nitrogens with one attached hydrogen (secondary N) is 1. The van der Waals surface area contributed by atoms with Crippen molar-refractivity contribution in [3.8, 4) is 5.75 Å². The van der Waals surface area contributed by atoms with Gasteiger partial charge in [0.05, 0.1) is 7.11 Å². The second-order valence-corrected chi connectivity index (χ2v) is 4.62. The maximum absolute atomic E-state index is 5.26. The Morgan fingerprint density at radius 2 is 1.94 bits per heavy atom. The van der Waals surface area contributed by atoms with Gasteiger partial charge < -0.3 is 10.1 Å². The molecule has 2 nitrogen and oxygen atoms in total. The summed E-state index contributed by atoms with van der Waals surface area (Å²) in [6, 6.07) is 6.37. The average Bonchev–Trinajstić information content (AvgIpc) is 2.35. The van der Waals surface area contributed by atoms with Gasteiger partial charge in [0.2, 0.25) is 0 Å². The molecule has 0 aromatic heterocycles. The molecular formula is C15H25NO. The summed E-state index contributed by atoms with van der Waals surface area (Å²) in [5, 5.41) is 3.53. The van der Waals surface area contributed by atoms with Gasteiger partial charge in [-0.3, -0.25) is 0 Å². The molecule has 1 rings (SSSR count). The lowest BCUT2D eigenvalue weighted by Gasteiger charge is -2.14. The van der Waals surface area contributed by atoms with Crippen molar-refractivity contribution < 1.29 is 4.74 Å². The fraction of sp³-hybridized carbons (Fsp3) is 0.600. The van der Waals surface area contributed by atoms with Crippen LogP contribution in [0.3, 0.4) is 0 Å². The van der Waals surface area contributed by atoms with Crippen molar-refractivity contribution in [3.63, 3.8) is 0 Å². The van der Waals surface area contributed by atoms with Crippen LogP contribution in [-0.2, 0) is 6.54 Å². The van der Waals surface area contributed by atoms with E-state index in [1.165, 1.54) is 24.0 Å². The van der Waals surface area contributed by atoms with E-state index in [0.717, 1.165) is 24.8 Å². The van der Waals surface area contributed by atoms with Crippen LogP contribution in [0.2, 0.25) is 0 Å². The fourth-order valence-corrected chi connectivity index (χ4v) is 2.05. The number of benzene rings is 1. The zero-order chi connectivity index (χ0) is 12.7. The van der Waals surface area contributed by atoms with Gasteiger partial charge in [-0.2, -0.15) is 0 Å². The van der Waals surface area contributed by atoms with Crippen LogP contribution < -0.4 is 10.1 Å². The van der Waals surface area contributed by atoms with E-state index in [2.05, 4.69) is 38.2 Å². The molecule has 0 radical (unpaired) electrons. The largest absolute Gasteiger partial charge is 0.496 e. The molecule has 0 amide bonds. The van der Waals surface area contributed by atoms with Gasteiger partial charge in [-0.25, -0.2) is 0 Å². The van der Waals surface area contributed by atoms with Crippen molar-refractivity contribution in [2.75, 3.05) is 13.7 Å². The maximum atomic E-state index is 5.26. The topological polar surface area (TPSA) is 21.3 Å². The number of methoxy groups -OCH3 is 1. The summed E-state index contributed by atoms with van der Waals surface area (Å²) in [6.07, 6.45) is 2.51. The monoisotopic (exact) mass is 235 g/mol. The summed E-state index contributed by atoms with van der Waals surface area (Å²) in [4.78, 5) is 0. The first-order valence-corrected chi connectivity index (χ1v) is 6.55. The van der Waals surface area contributed by atoms with Gasteiger partial charge in [0.1, 0.15) is 5.75 Å². The van der Waals surface area contributed by atoms with Crippen LogP contribution in [0.5, 0.6) is 5.75 Å². The molecule has 0 heterocycles. The first kappa shape index (κ1) is 14.0. The molecule has 96 valence electrons. The van der Waals surface area contributed by atoms with Crippen molar-refractivity contribution in [2.45, 2.75) is 40.2 Å². The second-order valence-electron chi connectivity index (χ2n) is 4.62. The Labute approximate surface area is 105 Å². The van der Waals surface area contributed by atoms with Gasteiger partial charge in [0.15, 0.2) is 0 Å². The average molecular weight is 235 g/mol. The van der Waals surface area contributed by atoms with E-state index < -0.39 is 0 Å². The van der Waals surface area contributed by atoms with Gasteiger partial charge >= 0.3 is 0 Å². The first-order valence-electron chi connectivity index (χ1n) is 6.55. The standard InChI is InChI=1S/C15H25NO/c1-5-13(6-2)10-16-11-14-7-8-15(17-4)12(3)9-14/h7-9,13,16H,5-6,10-11H2,1-4H3. The van der Waals surface area contributed by atoms with Gasteiger partial charge in [0.25, 0.3) is 0 Å². The van der Waals surface area contributed by atoms with Crippen LogP contribution in [0, 0.1) is 12.8 Å². The lowest BCUT2D eigenvalue weighted by atomic mass is 10.0. The minimum Gasteiger partial charge on any atom is -0.496 e. The quantitative estimate of drug-likeness (QED) is 0.780. The zero-order valence-corrected chi connectivity index (χ0v) is 11.5. The van der Waals surface area contributed by atoms with E-state index in [1.54, 1.807) is 7.11 Å². The molecule has 0 bridgehead atoms. The summed E-state index contributed by atoms with van der Waals surface area (Å²) in [5.41, 5.74) is 2.53. The van der Waals surface area contributed by atoms with E-state index >= 15 is 0 Å². The second kappa shape index (κ2) is 7.33. The Hall–Kier alpha value is -1.02. The van der Waals surface area contributed by atoms with Gasteiger partial charge in [-0.1, -0.05) is 38.8 Å². The molecule has 0 saturated heterocycles.